The van der Waals surface area contributed by atoms with Crippen LogP contribution in [0, 0.1) is 0 Å². The van der Waals surface area contributed by atoms with Crippen molar-refractivity contribution < 1.29 is 9.90 Å². The van der Waals surface area contributed by atoms with Crippen LogP contribution >= 0.6 is 11.6 Å². The lowest BCUT2D eigenvalue weighted by atomic mass is 10.4. The molecule has 2 nitrogen and oxygen atoms in total. The third kappa shape index (κ3) is 0.703. The highest BCUT2D eigenvalue weighted by atomic mass is 35.5. The Morgan fingerprint density at radius 3 is 2.14 bits per heavy atom. The molecule has 0 aromatic rings. The molecule has 1 N–H and O–H groups in total. The summed E-state index contributed by atoms with van der Waals surface area (Å²) in [6.07, 6.45) is 1.26. The molecule has 7 heavy (non-hydrogen) atoms. The van der Waals surface area contributed by atoms with Crippen LogP contribution in [0.3, 0.4) is 0 Å². The van der Waals surface area contributed by atoms with E-state index in [4.69, 9.17) is 16.7 Å². The summed E-state index contributed by atoms with van der Waals surface area (Å²) in [5.41, 5.74) is 0. The van der Waals surface area contributed by atoms with E-state index >= 15 is 0 Å². The van der Waals surface area contributed by atoms with E-state index in [1.54, 1.807) is 0 Å². The van der Waals surface area contributed by atoms with E-state index in [1.165, 1.54) is 0 Å². The van der Waals surface area contributed by atoms with Gasteiger partial charge in [-0.15, -0.1) is 11.6 Å². The SMILES string of the molecule is O=C(O)C1(Cl)CC1. The Bertz CT molecular complexity index is 106. The number of carboxylic acids is 1. The Morgan fingerprint density at radius 1 is 1.71 bits per heavy atom. The van der Waals surface area contributed by atoms with Crippen molar-refractivity contribution in [2.24, 2.45) is 0 Å². The van der Waals surface area contributed by atoms with E-state index in [-0.39, 0.29) is 0 Å². The van der Waals surface area contributed by atoms with Crippen molar-refractivity contribution in [3.8, 4) is 0 Å². The molecule has 1 rings (SSSR count). The van der Waals surface area contributed by atoms with Crippen LogP contribution in [0.1, 0.15) is 12.8 Å². The van der Waals surface area contributed by atoms with E-state index in [0.717, 1.165) is 0 Å². The van der Waals surface area contributed by atoms with Crippen LogP contribution < -0.4 is 0 Å². The van der Waals surface area contributed by atoms with Gasteiger partial charge >= 0.3 is 5.97 Å². The van der Waals surface area contributed by atoms with E-state index in [1.807, 2.05) is 0 Å². The van der Waals surface area contributed by atoms with Crippen LogP contribution in [-0.4, -0.2) is 16.0 Å². The average molecular weight is 121 g/mol. The Morgan fingerprint density at radius 2 is 2.14 bits per heavy atom. The van der Waals surface area contributed by atoms with Gasteiger partial charge in [0.05, 0.1) is 0 Å². The second kappa shape index (κ2) is 1.13. The van der Waals surface area contributed by atoms with Crippen LogP contribution in [0.4, 0.5) is 0 Å². The Hall–Kier alpha value is -0.240. The minimum Gasteiger partial charge on any atom is -0.480 e. The fourth-order valence-electron chi connectivity index (χ4n) is 0.324. The fraction of sp³-hybridized carbons (Fsp3) is 0.750. The first-order valence-electron chi connectivity index (χ1n) is 2.07. The van der Waals surface area contributed by atoms with Gasteiger partial charge in [-0.2, -0.15) is 0 Å². The molecule has 1 aliphatic carbocycles. The van der Waals surface area contributed by atoms with E-state index in [0.29, 0.717) is 12.8 Å². The molecule has 1 saturated carbocycles. The third-order valence-electron chi connectivity index (χ3n) is 1.07. The summed E-state index contributed by atoms with van der Waals surface area (Å²) in [6.45, 7) is 0. The highest BCUT2D eigenvalue weighted by Gasteiger charge is 2.48. The van der Waals surface area contributed by atoms with Gasteiger partial charge in [-0.25, -0.2) is 0 Å². The van der Waals surface area contributed by atoms with Gasteiger partial charge in [-0.05, 0) is 12.8 Å². The second-order valence-corrected chi connectivity index (χ2v) is 2.49. The number of hydrogen-bond acceptors (Lipinski definition) is 1. The minimum atomic E-state index is -0.880. The van der Waals surface area contributed by atoms with Crippen LogP contribution in [0.5, 0.6) is 0 Å². The maximum atomic E-state index is 9.95. The zero-order valence-corrected chi connectivity index (χ0v) is 4.40. The Balaban J connectivity index is 2.55. The monoisotopic (exact) mass is 120 g/mol. The van der Waals surface area contributed by atoms with Gasteiger partial charge in [0.15, 0.2) is 0 Å². The maximum Gasteiger partial charge on any atom is 0.324 e. The normalized spacial score (nSPS) is 24.1. The molecule has 3 heteroatoms. The second-order valence-electron chi connectivity index (χ2n) is 1.77. The van der Waals surface area contributed by atoms with E-state index in [9.17, 15) is 4.79 Å². The number of hydrogen-bond donors (Lipinski definition) is 1. The van der Waals surface area contributed by atoms with Crippen molar-refractivity contribution >= 4 is 17.6 Å². The zero-order chi connectivity index (χ0) is 5.49. The van der Waals surface area contributed by atoms with Crippen molar-refractivity contribution in [1.29, 1.82) is 0 Å². The number of aliphatic carboxylic acids is 1. The number of carboxylic acid groups (broad SMARTS) is 1. The third-order valence-corrected chi connectivity index (χ3v) is 1.61. The van der Waals surface area contributed by atoms with E-state index in [2.05, 4.69) is 0 Å². The van der Waals surface area contributed by atoms with Crippen LogP contribution in [0.15, 0.2) is 0 Å². The molecule has 0 aromatic carbocycles. The first-order valence-corrected chi connectivity index (χ1v) is 2.45. The minimum absolute atomic E-state index is 0.629. The summed E-state index contributed by atoms with van der Waals surface area (Å²) in [7, 11) is 0. The van der Waals surface area contributed by atoms with Crippen LogP contribution in [0.2, 0.25) is 0 Å². The van der Waals surface area contributed by atoms with Gasteiger partial charge in [0, 0.05) is 0 Å². The molecular weight excluding hydrogens is 115 g/mol. The molecule has 0 unspecified atom stereocenters. The van der Waals surface area contributed by atoms with Gasteiger partial charge in [0.25, 0.3) is 0 Å². The van der Waals surface area contributed by atoms with Gasteiger partial charge in [0.2, 0.25) is 0 Å². The lowest BCUT2D eigenvalue weighted by Crippen LogP contribution is -2.12. The summed E-state index contributed by atoms with van der Waals surface area (Å²) in [5.74, 6) is -0.880. The molecule has 0 spiro atoms. The molecule has 0 heterocycles. The quantitative estimate of drug-likeness (QED) is 0.521. The molecule has 0 atom stereocenters. The molecule has 0 aromatic heterocycles. The van der Waals surface area contributed by atoms with Crippen molar-refractivity contribution in [2.75, 3.05) is 0 Å². The van der Waals surface area contributed by atoms with Gasteiger partial charge in [-0.1, -0.05) is 0 Å². The number of alkyl halides is 1. The molecule has 0 aliphatic heterocycles. The summed E-state index contributed by atoms with van der Waals surface area (Å²) in [5, 5.41) is 8.18. The topological polar surface area (TPSA) is 37.3 Å². The van der Waals surface area contributed by atoms with Gasteiger partial charge in [-0.3, -0.25) is 4.79 Å². The number of rotatable bonds is 1. The average Bonchev–Trinajstić information content (AvgIpc) is 2.21. The molecular formula is C4H5ClO2. The molecule has 40 valence electrons. The standard InChI is InChI=1S/C4H5ClO2/c5-4(1-2-4)3(6)7/h1-2H2,(H,6,7). The molecule has 0 saturated heterocycles. The number of carbonyl (C=O) groups is 1. The lowest BCUT2D eigenvalue weighted by molar-refractivity contribution is -0.137. The van der Waals surface area contributed by atoms with Crippen LogP contribution in [0.25, 0.3) is 0 Å². The number of halogens is 1. The van der Waals surface area contributed by atoms with E-state index < -0.39 is 10.8 Å². The molecule has 0 radical (unpaired) electrons. The van der Waals surface area contributed by atoms with Gasteiger partial charge < -0.3 is 5.11 Å². The predicted molar refractivity (Wildman–Crippen MR) is 25.5 cm³/mol. The Kier molecular flexibility index (Phi) is 0.790. The first-order chi connectivity index (χ1) is 3.15. The highest BCUT2D eigenvalue weighted by Crippen LogP contribution is 2.42. The zero-order valence-electron chi connectivity index (χ0n) is 3.65. The van der Waals surface area contributed by atoms with Crippen molar-refractivity contribution in [2.45, 2.75) is 17.7 Å². The summed E-state index contributed by atoms with van der Waals surface area (Å²) in [6, 6.07) is 0. The van der Waals surface area contributed by atoms with Crippen molar-refractivity contribution in [3.63, 3.8) is 0 Å². The summed E-state index contributed by atoms with van der Waals surface area (Å²) in [4.78, 5) is 9.09. The fourth-order valence-corrected chi connectivity index (χ4v) is 0.418. The molecule has 0 amide bonds. The Labute approximate surface area is 46.1 Å². The van der Waals surface area contributed by atoms with Crippen LogP contribution in [-0.2, 0) is 4.79 Å². The van der Waals surface area contributed by atoms with Crippen molar-refractivity contribution in [3.05, 3.63) is 0 Å². The smallest absolute Gasteiger partial charge is 0.324 e. The molecule has 1 aliphatic rings. The molecule has 0 bridgehead atoms. The lowest BCUT2D eigenvalue weighted by Gasteiger charge is -1.91. The first kappa shape index (κ1) is 4.91. The highest BCUT2D eigenvalue weighted by molar-refractivity contribution is 6.35. The molecule has 1 fully saturated rings. The summed E-state index contributed by atoms with van der Waals surface area (Å²) >= 11 is 5.38. The van der Waals surface area contributed by atoms with Crippen molar-refractivity contribution in [1.82, 2.24) is 0 Å². The predicted octanol–water partition coefficient (Wildman–Crippen LogP) is 0.842. The largest absolute Gasteiger partial charge is 0.480 e. The summed E-state index contributed by atoms with van der Waals surface area (Å²) < 4.78 is 0. The van der Waals surface area contributed by atoms with Gasteiger partial charge in [0.1, 0.15) is 4.87 Å². The maximum absolute atomic E-state index is 9.95.